The third-order valence-electron chi connectivity index (χ3n) is 4.70. The molecule has 3 rings (SSSR count). The van der Waals surface area contributed by atoms with E-state index in [0.29, 0.717) is 18.0 Å². The number of methoxy groups -OCH3 is 1. The lowest BCUT2D eigenvalue weighted by molar-refractivity contribution is -0.118. The zero-order chi connectivity index (χ0) is 21.5. The lowest BCUT2D eigenvalue weighted by Gasteiger charge is -2.15. The fraction of sp³-hybridized carbons (Fsp3) is 0.208. The lowest BCUT2D eigenvalue weighted by Crippen LogP contribution is -2.20. The van der Waals surface area contributed by atoms with Gasteiger partial charge >= 0.3 is 0 Å². The van der Waals surface area contributed by atoms with Gasteiger partial charge in [0.05, 0.1) is 11.6 Å². The summed E-state index contributed by atoms with van der Waals surface area (Å²) in [5.74, 6) is 0.819. The molecule has 0 radical (unpaired) electrons. The number of ether oxygens (including phenoxy) is 2. The van der Waals surface area contributed by atoms with Crippen LogP contribution in [0.5, 0.6) is 11.5 Å². The van der Waals surface area contributed by atoms with Crippen LogP contribution in [-0.4, -0.2) is 19.6 Å². The molecule has 6 heteroatoms. The number of nitrogens with one attached hydrogen (secondary N) is 2. The molecule has 0 fully saturated rings. The summed E-state index contributed by atoms with van der Waals surface area (Å²) in [5, 5.41) is 6.22. The van der Waals surface area contributed by atoms with Gasteiger partial charge in [-0.1, -0.05) is 24.3 Å². The molecule has 156 valence electrons. The second-order valence-electron chi connectivity index (χ2n) is 6.96. The SMILES string of the molecule is COc1cc(CNc2ccc(C)c(C)c2)cc(Br)c1OCC(=O)Nc1ccccc1. The van der Waals surface area contributed by atoms with Crippen LogP contribution in [0, 0.1) is 13.8 Å². The summed E-state index contributed by atoms with van der Waals surface area (Å²) in [5.41, 5.74) is 5.33. The first-order valence-electron chi connectivity index (χ1n) is 9.61. The maximum Gasteiger partial charge on any atom is 0.262 e. The molecule has 2 N–H and O–H groups in total. The van der Waals surface area contributed by atoms with Crippen LogP contribution in [0.15, 0.2) is 65.1 Å². The summed E-state index contributed by atoms with van der Waals surface area (Å²) in [7, 11) is 1.58. The molecular formula is C24H25BrN2O3. The summed E-state index contributed by atoms with van der Waals surface area (Å²) in [6.07, 6.45) is 0. The van der Waals surface area contributed by atoms with Crippen LogP contribution in [0.2, 0.25) is 0 Å². The highest BCUT2D eigenvalue weighted by Gasteiger charge is 2.14. The van der Waals surface area contributed by atoms with Gasteiger partial charge in [0.25, 0.3) is 5.91 Å². The molecule has 0 atom stereocenters. The Morgan fingerprint density at radius 3 is 2.43 bits per heavy atom. The second kappa shape index (κ2) is 10.2. The number of aryl methyl sites for hydroxylation is 2. The molecule has 30 heavy (non-hydrogen) atoms. The van der Waals surface area contributed by atoms with E-state index in [2.05, 4.69) is 58.6 Å². The summed E-state index contributed by atoms with van der Waals surface area (Å²) >= 11 is 3.54. The first-order valence-corrected chi connectivity index (χ1v) is 10.4. The van der Waals surface area contributed by atoms with Crippen molar-refractivity contribution in [2.75, 3.05) is 24.4 Å². The highest BCUT2D eigenvalue weighted by atomic mass is 79.9. The molecule has 0 aliphatic rings. The Hall–Kier alpha value is -2.99. The number of carbonyl (C=O) groups excluding carboxylic acids is 1. The molecule has 0 heterocycles. The second-order valence-corrected chi connectivity index (χ2v) is 7.82. The van der Waals surface area contributed by atoms with E-state index in [9.17, 15) is 4.79 Å². The molecule has 0 unspecified atom stereocenters. The van der Waals surface area contributed by atoms with Gasteiger partial charge < -0.3 is 20.1 Å². The molecule has 3 aromatic rings. The van der Waals surface area contributed by atoms with E-state index < -0.39 is 0 Å². The van der Waals surface area contributed by atoms with Gasteiger partial charge in [0.1, 0.15) is 0 Å². The minimum atomic E-state index is -0.240. The largest absolute Gasteiger partial charge is 0.493 e. The molecule has 0 saturated carbocycles. The molecule has 0 aliphatic carbocycles. The smallest absolute Gasteiger partial charge is 0.262 e. The number of carbonyl (C=O) groups is 1. The number of benzene rings is 3. The maximum atomic E-state index is 12.2. The Labute approximate surface area is 185 Å². The van der Waals surface area contributed by atoms with Crippen LogP contribution in [0.1, 0.15) is 16.7 Å². The average Bonchev–Trinajstić information content (AvgIpc) is 2.74. The lowest BCUT2D eigenvalue weighted by atomic mass is 10.1. The zero-order valence-corrected chi connectivity index (χ0v) is 18.9. The number of hydrogen-bond acceptors (Lipinski definition) is 4. The molecule has 3 aromatic carbocycles. The molecule has 1 amide bonds. The van der Waals surface area contributed by atoms with Crippen molar-refractivity contribution in [1.82, 2.24) is 0 Å². The highest BCUT2D eigenvalue weighted by molar-refractivity contribution is 9.10. The van der Waals surface area contributed by atoms with Crippen molar-refractivity contribution in [3.8, 4) is 11.5 Å². The van der Waals surface area contributed by atoms with E-state index in [1.165, 1.54) is 11.1 Å². The van der Waals surface area contributed by atoms with E-state index in [1.54, 1.807) is 7.11 Å². The fourth-order valence-electron chi connectivity index (χ4n) is 2.93. The molecule has 0 spiro atoms. The summed E-state index contributed by atoms with van der Waals surface area (Å²) < 4.78 is 12.0. The Morgan fingerprint density at radius 1 is 0.967 bits per heavy atom. The van der Waals surface area contributed by atoms with Gasteiger partial charge in [-0.05, 0) is 82.9 Å². The van der Waals surface area contributed by atoms with Gasteiger partial charge in [-0.25, -0.2) is 0 Å². The van der Waals surface area contributed by atoms with Crippen molar-refractivity contribution in [1.29, 1.82) is 0 Å². The molecule has 0 saturated heterocycles. The monoisotopic (exact) mass is 468 g/mol. The van der Waals surface area contributed by atoms with Gasteiger partial charge in [0.15, 0.2) is 18.1 Å². The average molecular weight is 469 g/mol. The third-order valence-corrected chi connectivity index (χ3v) is 5.29. The first kappa shape index (κ1) is 21.7. The number of amides is 1. The summed E-state index contributed by atoms with van der Waals surface area (Å²) in [4.78, 5) is 12.2. The Kier molecular flexibility index (Phi) is 7.36. The van der Waals surface area contributed by atoms with Crippen LogP contribution in [0.4, 0.5) is 11.4 Å². The maximum absolute atomic E-state index is 12.2. The summed E-state index contributed by atoms with van der Waals surface area (Å²) in [6, 6.07) is 19.4. The number of rotatable bonds is 8. The highest BCUT2D eigenvalue weighted by Crippen LogP contribution is 2.37. The number of halogens is 1. The normalized spacial score (nSPS) is 10.4. The summed E-state index contributed by atoms with van der Waals surface area (Å²) in [6.45, 7) is 4.70. The van der Waals surface area contributed by atoms with Crippen molar-refractivity contribution in [2.45, 2.75) is 20.4 Å². The van der Waals surface area contributed by atoms with Crippen LogP contribution in [0.3, 0.4) is 0 Å². The van der Waals surface area contributed by atoms with Gasteiger partial charge in [-0.15, -0.1) is 0 Å². The molecule has 0 bridgehead atoms. The standard InChI is InChI=1S/C24H25BrN2O3/c1-16-9-10-20(11-17(16)2)26-14-18-12-21(25)24(22(13-18)29-3)30-15-23(28)27-19-7-5-4-6-8-19/h4-13,26H,14-15H2,1-3H3,(H,27,28). The molecular weight excluding hydrogens is 444 g/mol. The number of anilines is 2. The van der Waals surface area contributed by atoms with Crippen LogP contribution in [0.25, 0.3) is 0 Å². The fourth-order valence-corrected chi connectivity index (χ4v) is 3.53. The number of hydrogen-bond donors (Lipinski definition) is 2. The molecule has 5 nitrogen and oxygen atoms in total. The van der Waals surface area contributed by atoms with Crippen molar-refractivity contribution >= 4 is 33.2 Å². The predicted octanol–water partition coefficient (Wildman–Crippen LogP) is 5.70. The Bertz CT molecular complexity index is 1020. The van der Waals surface area contributed by atoms with Crippen molar-refractivity contribution in [2.24, 2.45) is 0 Å². The zero-order valence-electron chi connectivity index (χ0n) is 17.3. The van der Waals surface area contributed by atoms with Crippen molar-refractivity contribution < 1.29 is 14.3 Å². The van der Waals surface area contributed by atoms with E-state index in [1.807, 2.05) is 42.5 Å². The van der Waals surface area contributed by atoms with E-state index in [4.69, 9.17) is 9.47 Å². The molecule has 0 aromatic heterocycles. The van der Waals surface area contributed by atoms with Gasteiger partial charge in [0.2, 0.25) is 0 Å². The van der Waals surface area contributed by atoms with Gasteiger partial charge in [0, 0.05) is 17.9 Å². The first-order chi connectivity index (χ1) is 14.5. The van der Waals surface area contributed by atoms with E-state index >= 15 is 0 Å². The third kappa shape index (κ3) is 5.76. The minimum absolute atomic E-state index is 0.121. The quantitative estimate of drug-likeness (QED) is 0.444. The number of para-hydroxylation sites is 1. The van der Waals surface area contributed by atoms with Crippen molar-refractivity contribution in [3.05, 3.63) is 81.8 Å². The topological polar surface area (TPSA) is 59.6 Å². The Balaban J connectivity index is 1.64. The van der Waals surface area contributed by atoms with Crippen molar-refractivity contribution in [3.63, 3.8) is 0 Å². The van der Waals surface area contributed by atoms with Crippen LogP contribution >= 0.6 is 15.9 Å². The van der Waals surface area contributed by atoms with Crippen LogP contribution in [-0.2, 0) is 11.3 Å². The van der Waals surface area contributed by atoms with Gasteiger partial charge in [-0.3, -0.25) is 4.79 Å². The van der Waals surface area contributed by atoms with E-state index in [-0.39, 0.29) is 12.5 Å². The van der Waals surface area contributed by atoms with Gasteiger partial charge in [-0.2, -0.15) is 0 Å². The molecule has 0 aliphatic heterocycles. The van der Waals surface area contributed by atoms with E-state index in [0.717, 1.165) is 21.4 Å². The predicted molar refractivity (Wildman–Crippen MR) is 125 cm³/mol. The Morgan fingerprint density at radius 2 is 1.73 bits per heavy atom. The minimum Gasteiger partial charge on any atom is -0.493 e. The van der Waals surface area contributed by atoms with Crippen LogP contribution < -0.4 is 20.1 Å².